The van der Waals surface area contributed by atoms with Gasteiger partial charge in [0.05, 0.1) is 0 Å². The number of rotatable bonds is 6. The number of hydrogen-bond acceptors (Lipinski definition) is 2. The van der Waals surface area contributed by atoms with Gasteiger partial charge in [-0.3, -0.25) is 4.90 Å². The van der Waals surface area contributed by atoms with Crippen molar-refractivity contribution in [2.45, 2.75) is 77.4 Å². The topological polar surface area (TPSA) is 15.3 Å². The molecule has 1 heterocycles. The first-order chi connectivity index (χ1) is 7.69. The number of nitrogens with one attached hydrogen (secondary N) is 1. The third kappa shape index (κ3) is 4.06. The fourth-order valence-corrected chi connectivity index (χ4v) is 2.99. The summed E-state index contributed by atoms with van der Waals surface area (Å²) in [7, 11) is 2.08. The summed E-state index contributed by atoms with van der Waals surface area (Å²) < 4.78 is 0. The Hall–Kier alpha value is -0.0800. The Morgan fingerprint density at radius 2 is 1.88 bits per heavy atom. The Morgan fingerprint density at radius 3 is 2.38 bits per heavy atom. The van der Waals surface area contributed by atoms with E-state index in [1.165, 1.54) is 45.1 Å². The van der Waals surface area contributed by atoms with Crippen LogP contribution in [0.5, 0.6) is 0 Å². The van der Waals surface area contributed by atoms with E-state index in [0.717, 1.165) is 18.1 Å². The molecule has 1 fully saturated rings. The molecule has 3 atom stereocenters. The molecule has 0 aromatic carbocycles. The minimum atomic E-state index is 0.718. The number of nitrogens with zero attached hydrogens (tertiary/aromatic N) is 1. The Labute approximate surface area is 102 Å². The molecular formula is C14H30N2. The zero-order chi connectivity index (χ0) is 12.0. The van der Waals surface area contributed by atoms with Gasteiger partial charge in [0.25, 0.3) is 0 Å². The van der Waals surface area contributed by atoms with Crippen LogP contribution in [0.25, 0.3) is 0 Å². The lowest BCUT2D eigenvalue weighted by Crippen LogP contribution is -2.44. The summed E-state index contributed by atoms with van der Waals surface area (Å²) in [5, 5.41) is 3.39. The summed E-state index contributed by atoms with van der Waals surface area (Å²) in [6.07, 6.45) is 8.13. The maximum absolute atomic E-state index is 3.39. The van der Waals surface area contributed by atoms with Crippen molar-refractivity contribution < 1.29 is 0 Å². The van der Waals surface area contributed by atoms with E-state index in [0.29, 0.717) is 0 Å². The minimum absolute atomic E-state index is 0.718. The molecule has 96 valence electrons. The fourth-order valence-electron chi connectivity index (χ4n) is 2.99. The van der Waals surface area contributed by atoms with Gasteiger partial charge in [0.1, 0.15) is 0 Å². The Morgan fingerprint density at radius 1 is 1.25 bits per heavy atom. The second-order valence-electron chi connectivity index (χ2n) is 5.40. The summed E-state index contributed by atoms with van der Waals surface area (Å²) in [6, 6.07) is 2.33. The Balaban J connectivity index is 2.24. The van der Waals surface area contributed by atoms with Crippen LogP contribution in [0.4, 0.5) is 0 Å². The predicted molar refractivity (Wildman–Crippen MR) is 71.9 cm³/mol. The number of piperidine rings is 1. The van der Waals surface area contributed by atoms with E-state index in [9.17, 15) is 0 Å². The van der Waals surface area contributed by atoms with Gasteiger partial charge in [-0.15, -0.1) is 0 Å². The van der Waals surface area contributed by atoms with Gasteiger partial charge in [0.15, 0.2) is 0 Å². The van der Waals surface area contributed by atoms with Gasteiger partial charge in [-0.2, -0.15) is 0 Å². The minimum Gasteiger partial charge on any atom is -0.317 e. The molecule has 0 aromatic rings. The van der Waals surface area contributed by atoms with E-state index < -0.39 is 0 Å². The lowest BCUT2D eigenvalue weighted by atomic mass is 9.97. The Kier molecular flexibility index (Phi) is 6.37. The van der Waals surface area contributed by atoms with Gasteiger partial charge in [-0.1, -0.05) is 13.3 Å². The van der Waals surface area contributed by atoms with Crippen molar-refractivity contribution in [1.29, 1.82) is 0 Å². The molecule has 0 bridgehead atoms. The quantitative estimate of drug-likeness (QED) is 0.749. The van der Waals surface area contributed by atoms with Gasteiger partial charge in [0.2, 0.25) is 0 Å². The van der Waals surface area contributed by atoms with Crippen LogP contribution in [0.3, 0.4) is 0 Å². The van der Waals surface area contributed by atoms with Crippen molar-refractivity contribution in [2.75, 3.05) is 13.6 Å². The fraction of sp³-hybridized carbons (Fsp3) is 1.00. The van der Waals surface area contributed by atoms with Crippen LogP contribution >= 0.6 is 0 Å². The van der Waals surface area contributed by atoms with Crippen LogP contribution in [0.2, 0.25) is 0 Å². The summed E-state index contributed by atoms with van der Waals surface area (Å²) >= 11 is 0. The maximum atomic E-state index is 3.39. The SMILES string of the molecule is CCC(CCCN1[C@H](C)CCC[C@@H]1C)NC. The molecular weight excluding hydrogens is 196 g/mol. The van der Waals surface area contributed by atoms with Crippen molar-refractivity contribution in [2.24, 2.45) is 0 Å². The first kappa shape index (κ1) is 14.0. The normalized spacial score (nSPS) is 29.2. The van der Waals surface area contributed by atoms with Crippen molar-refractivity contribution >= 4 is 0 Å². The lowest BCUT2D eigenvalue weighted by Gasteiger charge is -2.39. The van der Waals surface area contributed by atoms with Gasteiger partial charge in [-0.05, 0) is 59.5 Å². The highest BCUT2D eigenvalue weighted by Crippen LogP contribution is 2.22. The largest absolute Gasteiger partial charge is 0.317 e. The molecule has 0 amide bonds. The molecule has 2 heteroatoms. The van der Waals surface area contributed by atoms with E-state index >= 15 is 0 Å². The molecule has 1 aliphatic rings. The number of likely N-dealkylation sites (tertiary alicyclic amines) is 1. The van der Waals surface area contributed by atoms with Crippen LogP contribution in [0.15, 0.2) is 0 Å². The van der Waals surface area contributed by atoms with Crippen LogP contribution in [0.1, 0.15) is 59.3 Å². The lowest BCUT2D eigenvalue weighted by molar-refractivity contribution is 0.100. The molecule has 1 unspecified atom stereocenters. The molecule has 2 nitrogen and oxygen atoms in total. The molecule has 0 aromatic heterocycles. The molecule has 0 saturated carbocycles. The summed E-state index contributed by atoms with van der Waals surface area (Å²) in [4.78, 5) is 2.71. The average molecular weight is 226 g/mol. The highest BCUT2D eigenvalue weighted by molar-refractivity contribution is 4.79. The van der Waals surface area contributed by atoms with Crippen molar-refractivity contribution in [3.63, 3.8) is 0 Å². The first-order valence-corrected chi connectivity index (χ1v) is 7.12. The van der Waals surface area contributed by atoms with Gasteiger partial charge < -0.3 is 5.32 Å². The van der Waals surface area contributed by atoms with Gasteiger partial charge in [0, 0.05) is 18.1 Å². The second-order valence-corrected chi connectivity index (χ2v) is 5.40. The van der Waals surface area contributed by atoms with Crippen molar-refractivity contribution in [3.05, 3.63) is 0 Å². The van der Waals surface area contributed by atoms with E-state index in [2.05, 4.69) is 38.0 Å². The smallest absolute Gasteiger partial charge is 0.00697 e. The van der Waals surface area contributed by atoms with Crippen LogP contribution in [-0.4, -0.2) is 36.6 Å². The monoisotopic (exact) mass is 226 g/mol. The highest BCUT2D eigenvalue weighted by Gasteiger charge is 2.23. The van der Waals surface area contributed by atoms with Gasteiger partial charge in [-0.25, -0.2) is 0 Å². The summed E-state index contributed by atoms with van der Waals surface area (Å²) in [6.45, 7) is 8.35. The maximum Gasteiger partial charge on any atom is 0.00697 e. The third-order valence-corrected chi connectivity index (χ3v) is 4.25. The van der Waals surface area contributed by atoms with E-state index in [1.807, 2.05) is 0 Å². The molecule has 0 radical (unpaired) electrons. The third-order valence-electron chi connectivity index (χ3n) is 4.25. The van der Waals surface area contributed by atoms with E-state index in [4.69, 9.17) is 0 Å². The summed E-state index contributed by atoms with van der Waals surface area (Å²) in [5.74, 6) is 0. The van der Waals surface area contributed by atoms with E-state index in [-0.39, 0.29) is 0 Å². The molecule has 1 rings (SSSR count). The molecule has 0 aliphatic carbocycles. The second kappa shape index (κ2) is 7.29. The van der Waals surface area contributed by atoms with Crippen LogP contribution in [-0.2, 0) is 0 Å². The average Bonchev–Trinajstić information content (AvgIpc) is 2.28. The highest BCUT2D eigenvalue weighted by atomic mass is 15.2. The zero-order valence-electron chi connectivity index (χ0n) is 11.6. The summed E-state index contributed by atoms with van der Waals surface area (Å²) in [5.41, 5.74) is 0. The van der Waals surface area contributed by atoms with Crippen LogP contribution < -0.4 is 5.32 Å². The standard InChI is InChI=1S/C14H30N2/c1-5-14(15-4)10-7-11-16-12(2)8-6-9-13(16)3/h12-15H,5-11H2,1-4H3/t12-,13+,14?. The predicted octanol–water partition coefficient (Wildman–Crippen LogP) is 3.03. The van der Waals surface area contributed by atoms with Crippen molar-refractivity contribution in [1.82, 2.24) is 10.2 Å². The molecule has 1 aliphatic heterocycles. The van der Waals surface area contributed by atoms with Gasteiger partial charge >= 0.3 is 0 Å². The van der Waals surface area contributed by atoms with Crippen LogP contribution in [0, 0.1) is 0 Å². The zero-order valence-corrected chi connectivity index (χ0v) is 11.6. The Bertz CT molecular complexity index is 168. The molecule has 16 heavy (non-hydrogen) atoms. The molecule has 0 spiro atoms. The number of hydrogen-bond donors (Lipinski definition) is 1. The molecule has 1 N–H and O–H groups in total. The van der Waals surface area contributed by atoms with Crippen molar-refractivity contribution in [3.8, 4) is 0 Å². The van der Waals surface area contributed by atoms with E-state index in [1.54, 1.807) is 0 Å². The molecule has 1 saturated heterocycles. The first-order valence-electron chi connectivity index (χ1n) is 7.12.